The van der Waals surface area contributed by atoms with Gasteiger partial charge in [-0.2, -0.15) is 17.0 Å². The van der Waals surface area contributed by atoms with Crippen LogP contribution in [0.2, 0.25) is 0 Å². The number of nitrogens with zero attached hydrogens (tertiary/aromatic N) is 3. The highest BCUT2D eigenvalue weighted by molar-refractivity contribution is 7.86. The molecule has 2 fully saturated rings. The maximum absolute atomic E-state index is 13.8. The molecule has 2 heterocycles. The van der Waals surface area contributed by atoms with Gasteiger partial charge in [0.2, 0.25) is 0 Å². The molecule has 150 valence electrons. The fourth-order valence-corrected chi connectivity index (χ4v) is 5.73. The number of hydrogen-bond acceptors (Lipinski definition) is 3. The lowest BCUT2D eigenvalue weighted by Gasteiger charge is -2.61. The average molecular weight is 404 g/mol. The zero-order valence-electron chi connectivity index (χ0n) is 16.3. The SMILES string of the molecule is CN(C)S(=O)(=O)N1CCC2(CC1)CN(c1cccc(F)c1)C2c1ccccc1. The minimum atomic E-state index is -3.38. The molecule has 0 N–H and O–H groups in total. The van der Waals surface area contributed by atoms with Crippen LogP contribution in [0.3, 0.4) is 0 Å². The maximum atomic E-state index is 13.8. The third-order valence-corrected chi connectivity index (χ3v) is 8.08. The second-order valence-corrected chi connectivity index (χ2v) is 10.1. The van der Waals surface area contributed by atoms with Crippen molar-refractivity contribution >= 4 is 15.9 Å². The van der Waals surface area contributed by atoms with E-state index in [1.165, 1.54) is 15.9 Å². The van der Waals surface area contributed by atoms with Crippen molar-refractivity contribution in [3.8, 4) is 0 Å². The van der Waals surface area contributed by atoms with E-state index in [-0.39, 0.29) is 17.3 Å². The molecule has 0 aromatic heterocycles. The highest BCUT2D eigenvalue weighted by Gasteiger charge is 2.55. The van der Waals surface area contributed by atoms with Crippen molar-refractivity contribution in [3.63, 3.8) is 0 Å². The van der Waals surface area contributed by atoms with Crippen LogP contribution < -0.4 is 4.90 Å². The first kappa shape index (κ1) is 19.4. The second-order valence-electron chi connectivity index (χ2n) is 7.97. The predicted molar refractivity (Wildman–Crippen MR) is 109 cm³/mol. The van der Waals surface area contributed by atoms with Crippen molar-refractivity contribution in [2.75, 3.05) is 38.6 Å². The Morgan fingerprint density at radius 2 is 1.71 bits per heavy atom. The van der Waals surface area contributed by atoms with Crippen molar-refractivity contribution in [3.05, 3.63) is 66.0 Å². The van der Waals surface area contributed by atoms with Gasteiger partial charge in [0.1, 0.15) is 5.82 Å². The van der Waals surface area contributed by atoms with Crippen molar-refractivity contribution in [1.82, 2.24) is 8.61 Å². The Morgan fingerprint density at radius 1 is 1.04 bits per heavy atom. The summed E-state index contributed by atoms with van der Waals surface area (Å²) < 4.78 is 41.6. The van der Waals surface area contributed by atoms with Gasteiger partial charge < -0.3 is 4.90 Å². The van der Waals surface area contributed by atoms with Crippen molar-refractivity contribution in [2.24, 2.45) is 5.41 Å². The lowest BCUT2D eigenvalue weighted by Crippen LogP contribution is -2.63. The van der Waals surface area contributed by atoms with Crippen LogP contribution in [0.15, 0.2) is 54.6 Å². The first-order valence-electron chi connectivity index (χ1n) is 9.58. The molecule has 1 spiro atoms. The van der Waals surface area contributed by atoms with Gasteiger partial charge in [0.05, 0.1) is 6.04 Å². The van der Waals surface area contributed by atoms with E-state index in [0.717, 1.165) is 25.1 Å². The summed E-state index contributed by atoms with van der Waals surface area (Å²) in [4.78, 5) is 2.24. The molecule has 0 saturated carbocycles. The molecule has 28 heavy (non-hydrogen) atoms. The molecule has 5 nitrogen and oxygen atoms in total. The Balaban J connectivity index is 1.61. The standard InChI is InChI=1S/C21H26FN3O2S/c1-23(2)28(26,27)24-13-11-21(12-14-24)16-25(19-10-6-9-18(22)15-19)20(21)17-7-4-3-5-8-17/h3-10,15,20H,11-14,16H2,1-2H3. The highest BCUT2D eigenvalue weighted by atomic mass is 32.2. The summed E-state index contributed by atoms with van der Waals surface area (Å²) in [6, 6.07) is 17.1. The van der Waals surface area contributed by atoms with Crippen molar-refractivity contribution < 1.29 is 12.8 Å². The fraction of sp³-hybridized carbons (Fsp3) is 0.429. The Labute approximate surface area is 166 Å². The Kier molecular flexibility index (Phi) is 4.93. The molecule has 1 unspecified atom stereocenters. The molecule has 2 aromatic rings. The zero-order chi connectivity index (χ0) is 19.9. The third-order valence-electron chi connectivity index (χ3n) is 6.14. The van der Waals surface area contributed by atoms with Crippen LogP contribution in [0.5, 0.6) is 0 Å². The summed E-state index contributed by atoms with van der Waals surface area (Å²) in [5.41, 5.74) is 2.08. The molecule has 2 aromatic carbocycles. The van der Waals surface area contributed by atoms with Crippen LogP contribution >= 0.6 is 0 Å². The molecule has 0 amide bonds. The summed E-state index contributed by atoms with van der Waals surface area (Å²) in [5, 5.41) is 0. The molecule has 2 saturated heterocycles. The normalized spacial score (nSPS) is 22.4. The van der Waals surface area contributed by atoms with Crippen molar-refractivity contribution in [2.45, 2.75) is 18.9 Å². The Bertz CT molecular complexity index is 941. The van der Waals surface area contributed by atoms with E-state index < -0.39 is 10.2 Å². The molecule has 0 aliphatic carbocycles. The molecule has 4 rings (SSSR count). The second kappa shape index (κ2) is 7.13. The van der Waals surface area contributed by atoms with E-state index in [1.54, 1.807) is 30.5 Å². The van der Waals surface area contributed by atoms with Crippen LogP contribution in [0.25, 0.3) is 0 Å². The average Bonchev–Trinajstić information content (AvgIpc) is 2.67. The van der Waals surface area contributed by atoms with Gasteiger partial charge in [-0.3, -0.25) is 0 Å². The van der Waals surface area contributed by atoms with Crippen LogP contribution in [-0.2, 0) is 10.2 Å². The van der Waals surface area contributed by atoms with Crippen LogP contribution in [-0.4, -0.2) is 50.8 Å². The molecule has 0 bridgehead atoms. The van der Waals surface area contributed by atoms with Crippen molar-refractivity contribution in [1.29, 1.82) is 0 Å². The zero-order valence-corrected chi connectivity index (χ0v) is 17.1. The summed E-state index contributed by atoms with van der Waals surface area (Å²) in [5.74, 6) is -0.239. The minimum Gasteiger partial charge on any atom is -0.363 e. The van der Waals surface area contributed by atoms with Gasteiger partial charge >= 0.3 is 0 Å². The van der Waals surface area contributed by atoms with E-state index in [2.05, 4.69) is 17.0 Å². The summed E-state index contributed by atoms with van der Waals surface area (Å²) in [6.07, 6.45) is 1.59. The summed E-state index contributed by atoms with van der Waals surface area (Å²) >= 11 is 0. The first-order chi connectivity index (χ1) is 13.3. The summed E-state index contributed by atoms with van der Waals surface area (Å²) in [6.45, 7) is 1.84. The van der Waals surface area contributed by atoms with Gasteiger partial charge in [0.15, 0.2) is 0 Å². The molecular weight excluding hydrogens is 377 g/mol. The number of anilines is 1. The molecule has 0 radical (unpaired) electrons. The maximum Gasteiger partial charge on any atom is 0.281 e. The third kappa shape index (κ3) is 3.21. The highest BCUT2D eigenvalue weighted by Crippen LogP contribution is 2.56. The van der Waals surface area contributed by atoms with Gasteiger partial charge in [-0.15, -0.1) is 0 Å². The smallest absolute Gasteiger partial charge is 0.281 e. The quantitative estimate of drug-likeness (QED) is 0.787. The van der Waals surface area contributed by atoms with Crippen LogP contribution in [0.4, 0.5) is 10.1 Å². The molecular formula is C21H26FN3O2S. The Morgan fingerprint density at radius 3 is 2.32 bits per heavy atom. The predicted octanol–water partition coefficient (Wildman–Crippen LogP) is 3.28. The van der Waals surface area contributed by atoms with Gasteiger partial charge in [0.25, 0.3) is 10.2 Å². The number of piperidine rings is 1. The number of benzene rings is 2. The van der Waals surface area contributed by atoms with Gasteiger partial charge in [-0.25, -0.2) is 4.39 Å². The largest absolute Gasteiger partial charge is 0.363 e. The van der Waals surface area contributed by atoms with Gasteiger partial charge in [0, 0.05) is 44.8 Å². The Hall–Kier alpha value is -1.96. The van der Waals surface area contributed by atoms with Gasteiger partial charge in [-0.05, 0) is 36.6 Å². The van der Waals surface area contributed by atoms with E-state index in [9.17, 15) is 12.8 Å². The van der Waals surface area contributed by atoms with Crippen LogP contribution in [0, 0.1) is 11.2 Å². The lowest BCUT2D eigenvalue weighted by molar-refractivity contribution is 0.0560. The van der Waals surface area contributed by atoms with E-state index in [1.807, 2.05) is 24.3 Å². The number of hydrogen-bond donors (Lipinski definition) is 0. The summed E-state index contributed by atoms with van der Waals surface area (Å²) in [7, 11) is -0.242. The molecule has 1 atom stereocenters. The first-order valence-corrected chi connectivity index (χ1v) is 11.0. The van der Waals surface area contributed by atoms with Crippen LogP contribution in [0.1, 0.15) is 24.4 Å². The molecule has 7 heteroatoms. The number of halogens is 1. The van der Waals surface area contributed by atoms with Gasteiger partial charge in [-0.1, -0.05) is 36.4 Å². The van der Waals surface area contributed by atoms with E-state index in [4.69, 9.17) is 0 Å². The van der Waals surface area contributed by atoms with E-state index in [0.29, 0.717) is 13.1 Å². The molecule has 2 aliphatic heterocycles. The molecule has 2 aliphatic rings. The number of rotatable bonds is 4. The topological polar surface area (TPSA) is 43.9 Å². The van der Waals surface area contributed by atoms with E-state index >= 15 is 0 Å². The minimum absolute atomic E-state index is 0.00596. The fourth-order valence-electron chi connectivity index (χ4n) is 4.62. The monoisotopic (exact) mass is 403 g/mol. The lowest BCUT2D eigenvalue weighted by atomic mass is 9.63.